The summed E-state index contributed by atoms with van der Waals surface area (Å²) in [6.07, 6.45) is 4.86. The number of hydrogen-bond donors (Lipinski definition) is 1. The summed E-state index contributed by atoms with van der Waals surface area (Å²) < 4.78 is 1.76. The minimum absolute atomic E-state index is 0.0495. The molecule has 0 bridgehead atoms. The van der Waals surface area contributed by atoms with E-state index in [-0.39, 0.29) is 5.91 Å². The fraction of sp³-hybridized carbons (Fsp3) is 0.444. The minimum Gasteiger partial charge on any atom is -0.334 e. The average molecular weight is 312 g/mol. The number of nitrogens with one attached hydrogen (secondary N) is 1. The van der Waals surface area contributed by atoms with Gasteiger partial charge in [0.2, 0.25) is 0 Å². The highest BCUT2D eigenvalue weighted by atomic mass is 16.2. The van der Waals surface area contributed by atoms with Crippen molar-refractivity contribution in [1.29, 1.82) is 0 Å². The van der Waals surface area contributed by atoms with Crippen molar-refractivity contribution in [3.8, 4) is 5.69 Å². The zero-order valence-corrected chi connectivity index (χ0v) is 13.6. The summed E-state index contributed by atoms with van der Waals surface area (Å²) in [5.74, 6) is 0.0495. The van der Waals surface area contributed by atoms with Gasteiger partial charge in [0, 0.05) is 18.8 Å². The molecule has 1 fully saturated rings. The smallest absolute Gasteiger partial charge is 0.274 e. The predicted octanol–water partition coefficient (Wildman–Crippen LogP) is 2.48. The van der Waals surface area contributed by atoms with Gasteiger partial charge in [0.1, 0.15) is 0 Å². The number of piperidine rings is 1. The van der Waals surface area contributed by atoms with Gasteiger partial charge in [-0.25, -0.2) is 4.68 Å². The molecule has 0 atom stereocenters. The maximum absolute atomic E-state index is 12.9. The third-order valence-corrected chi connectivity index (χ3v) is 4.30. The molecule has 0 spiro atoms. The maximum atomic E-state index is 12.9. The van der Waals surface area contributed by atoms with Gasteiger partial charge in [-0.05, 0) is 50.6 Å². The molecule has 1 N–H and O–H groups in total. The second-order valence-corrected chi connectivity index (χ2v) is 5.96. The van der Waals surface area contributed by atoms with Crippen molar-refractivity contribution in [2.24, 2.45) is 0 Å². The molecule has 3 rings (SSSR count). The van der Waals surface area contributed by atoms with Crippen LogP contribution in [0.1, 0.15) is 36.7 Å². The number of benzene rings is 1. The lowest BCUT2D eigenvalue weighted by molar-refractivity contribution is 0.0636. The summed E-state index contributed by atoms with van der Waals surface area (Å²) in [7, 11) is 0. The van der Waals surface area contributed by atoms with E-state index in [1.54, 1.807) is 4.68 Å². The van der Waals surface area contributed by atoms with Gasteiger partial charge in [-0.15, -0.1) is 0 Å². The molecule has 0 radical (unpaired) electrons. The number of hydrogen-bond acceptors (Lipinski definition) is 3. The van der Waals surface area contributed by atoms with Crippen LogP contribution in [0.3, 0.4) is 0 Å². The van der Waals surface area contributed by atoms with Crippen LogP contribution >= 0.6 is 0 Å². The summed E-state index contributed by atoms with van der Waals surface area (Å²) in [6.45, 7) is 4.87. The van der Waals surface area contributed by atoms with Gasteiger partial charge in [0.25, 0.3) is 5.91 Å². The molecule has 1 aromatic heterocycles. The van der Waals surface area contributed by atoms with E-state index in [4.69, 9.17) is 0 Å². The van der Waals surface area contributed by atoms with Crippen molar-refractivity contribution >= 4 is 5.91 Å². The molecular weight excluding hydrogens is 288 g/mol. The molecule has 122 valence electrons. The number of nitrogens with zero attached hydrogens (tertiary/aromatic N) is 3. The zero-order valence-electron chi connectivity index (χ0n) is 13.6. The minimum atomic E-state index is 0.0495. The van der Waals surface area contributed by atoms with E-state index < -0.39 is 0 Å². The van der Waals surface area contributed by atoms with Crippen LogP contribution in [-0.2, 0) is 0 Å². The zero-order chi connectivity index (χ0) is 16.1. The summed E-state index contributed by atoms with van der Waals surface area (Å²) in [5.41, 5.74) is 1.50. The molecule has 5 nitrogen and oxygen atoms in total. The molecule has 1 aliphatic heterocycles. The van der Waals surface area contributed by atoms with Crippen LogP contribution in [-0.4, -0.2) is 46.3 Å². The van der Waals surface area contributed by atoms with Crippen LogP contribution in [0.2, 0.25) is 0 Å². The van der Waals surface area contributed by atoms with Gasteiger partial charge in [0.15, 0.2) is 5.69 Å². The number of carbonyl (C=O) groups excluding carboxylic acids is 1. The lowest BCUT2D eigenvalue weighted by Gasteiger charge is -2.34. The summed E-state index contributed by atoms with van der Waals surface area (Å²) in [5, 5.41) is 7.85. The lowest BCUT2D eigenvalue weighted by atomic mass is 10.0. The summed E-state index contributed by atoms with van der Waals surface area (Å²) in [6, 6.07) is 12.0. The van der Waals surface area contributed by atoms with Crippen LogP contribution in [0.5, 0.6) is 0 Å². The largest absolute Gasteiger partial charge is 0.334 e. The maximum Gasteiger partial charge on any atom is 0.274 e. The van der Waals surface area contributed by atoms with E-state index in [2.05, 4.69) is 17.3 Å². The summed E-state index contributed by atoms with van der Waals surface area (Å²) in [4.78, 5) is 14.9. The van der Waals surface area contributed by atoms with Crippen molar-refractivity contribution in [2.75, 3.05) is 19.6 Å². The van der Waals surface area contributed by atoms with Crippen molar-refractivity contribution in [3.05, 3.63) is 48.3 Å². The molecule has 1 aliphatic rings. The van der Waals surface area contributed by atoms with E-state index in [1.807, 2.05) is 47.5 Å². The fourth-order valence-electron chi connectivity index (χ4n) is 3.12. The molecule has 23 heavy (non-hydrogen) atoms. The Labute approximate surface area is 137 Å². The molecule has 2 heterocycles. The molecule has 1 aromatic carbocycles. The first-order valence-electron chi connectivity index (χ1n) is 8.42. The summed E-state index contributed by atoms with van der Waals surface area (Å²) >= 11 is 0. The Bertz CT molecular complexity index is 631. The molecule has 0 saturated carbocycles. The Morgan fingerprint density at radius 2 is 2.00 bits per heavy atom. The van der Waals surface area contributed by atoms with Crippen LogP contribution in [0.15, 0.2) is 42.6 Å². The lowest BCUT2D eigenvalue weighted by Crippen LogP contribution is -2.46. The Balaban J connectivity index is 1.78. The number of rotatable bonds is 5. The second kappa shape index (κ2) is 7.42. The predicted molar refractivity (Wildman–Crippen MR) is 90.8 cm³/mol. The van der Waals surface area contributed by atoms with Gasteiger partial charge in [-0.1, -0.05) is 25.1 Å². The van der Waals surface area contributed by atoms with Crippen LogP contribution in [0.25, 0.3) is 5.69 Å². The first-order chi connectivity index (χ1) is 11.3. The van der Waals surface area contributed by atoms with Gasteiger partial charge in [0.05, 0.1) is 5.69 Å². The van der Waals surface area contributed by atoms with E-state index >= 15 is 0 Å². The van der Waals surface area contributed by atoms with E-state index in [9.17, 15) is 4.79 Å². The third kappa shape index (κ3) is 3.62. The average Bonchev–Trinajstić information content (AvgIpc) is 3.11. The first-order valence-corrected chi connectivity index (χ1v) is 8.42. The Hall–Kier alpha value is -2.14. The van der Waals surface area contributed by atoms with Crippen molar-refractivity contribution < 1.29 is 4.79 Å². The van der Waals surface area contributed by atoms with Crippen LogP contribution < -0.4 is 5.32 Å². The Morgan fingerprint density at radius 3 is 2.70 bits per heavy atom. The fourth-order valence-corrected chi connectivity index (χ4v) is 3.12. The number of carbonyl (C=O) groups is 1. The highest BCUT2D eigenvalue weighted by molar-refractivity contribution is 5.92. The third-order valence-electron chi connectivity index (χ3n) is 4.30. The monoisotopic (exact) mass is 312 g/mol. The number of para-hydroxylation sites is 1. The molecule has 0 unspecified atom stereocenters. The molecule has 1 amide bonds. The molecule has 5 heteroatoms. The van der Waals surface area contributed by atoms with Gasteiger partial charge in [-0.3, -0.25) is 4.79 Å². The van der Waals surface area contributed by atoms with Crippen molar-refractivity contribution in [3.63, 3.8) is 0 Å². The van der Waals surface area contributed by atoms with Gasteiger partial charge >= 0.3 is 0 Å². The van der Waals surface area contributed by atoms with Crippen molar-refractivity contribution in [1.82, 2.24) is 20.0 Å². The van der Waals surface area contributed by atoms with Crippen LogP contribution in [0, 0.1) is 0 Å². The number of aromatic nitrogens is 2. The standard InChI is InChI=1S/C18H24N4O/c1-2-13-21(15-8-11-19-12-9-15)18(23)17-10-14-22(20-17)16-6-4-3-5-7-16/h3-7,10,14-15,19H,2,8-9,11-13H2,1H3. The quantitative estimate of drug-likeness (QED) is 0.923. The Kier molecular flexibility index (Phi) is 5.08. The molecule has 0 aliphatic carbocycles. The second-order valence-electron chi connectivity index (χ2n) is 5.96. The van der Waals surface area contributed by atoms with Gasteiger partial charge in [-0.2, -0.15) is 5.10 Å². The van der Waals surface area contributed by atoms with Crippen molar-refractivity contribution in [2.45, 2.75) is 32.2 Å². The molecule has 1 saturated heterocycles. The van der Waals surface area contributed by atoms with Gasteiger partial charge < -0.3 is 10.2 Å². The van der Waals surface area contributed by atoms with E-state index in [1.165, 1.54) is 0 Å². The van der Waals surface area contributed by atoms with E-state index in [0.717, 1.165) is 44.6 Å². The Morgan fingerprint density at radius 1 is 1.26 bits per heavy atom. The molecular formula is C18H24N4O. The SMILES string of the molecule is CCCN(C(=O)c1ccn(-c2ccccc2)n1)C1CCNCC1. The topological polar surface area (TPSA) is 50.2 Å². The highest BCUT2D eigenvalue weighted by Gasteiger charge is 2.26. The molecule has 2 aromatic rings. The van der Waals surface area contributed by atoms with E-state index in [0.29, 0.717) is 11.7 Å². The highest BCUT2D eigenvalue weighted by Crippen LogP contribution is 2.16. The first kappa shape index (κ1) is 15.7. The van der Waals surface area contributed by atoms with Crippen LogP contribution in [0.4, 0.5) is 0 Å². The number of amides is 1. The normalized spacial score (nSPS) is 15.5.